The summed E-state index contributed by atoms with van der Waals surface area (Å²) >= 11 is 0. The van der Waals surface area contributed by atoms with Crippen molar-refractivity contribution in [2.45, 2.75) is 11.0 Å². The first-order valence-electron chi connectivity index (χ1n) is 6.03. The fourth-order valence-corrected chi connectivity index (χ4v) is 2.96. The normalized spacial score (nSPS) is 21.5. The maximum Gasteiger partial charge on any atom is 0.240 e. The highest BCUT2D eigenvalue weighted by atomic mass is 32.2. The lowest BCUT2D eigenvalue weighted by molar-refractivity contribution is -0.0156. The van der Waals surface area contributed by atoms with Gasteiger partial charge in [-0.15, -0.1) is 0 Å². The number of hydrogen-bond acceptors (Lipinski definition) is 4. The fourth-order valence-electron chi connectivity index (χ4n) is 1.89. The molecule has 0 spiro atoms. The van der Waals surface area contributed by atoms with E-state index in [0.29, 0.717) is 13.2 Å². The SMILES string of the molecule is CN1CCOC(CNS(=O)(=O)c2ccc(F)cc2)C1. The van der Waals surface area contributed by atoms with Gasteiger partial charge in [-0.25, -0.2) is 17.5 Å². The predicted octanol–water partition coefficient (Wildman–Crippen LogP) is 0.435. The van der Waals surface area contributed by atoms with Crippen LogP contribution < -0.4 is 4.72 Å². The van der Waals surface area contributed by atoms with E-state index < -0.39 is 15.8 Å². The quantitative estimate of drug-likeness (QED) is 0.873. The molecule has 1 heterocycles. The van der Waals surface area contributed by atoms with E-state index in [-0.39, 0.29) is 17.5 Å². The van der Waals surface area contributed by atoms with Gasteiger partial charge in [0.2, 0.25) is 10.0 Å². The highest BCUT2D eigenvalue weighted by molar-refractivity contribution is 7.89. The third-order valence-electron chi connectivity index (χ3n) is 2.97. The van der Waals surface area contributed by atoms with E-state index >= 15 is 0 Å². The van der Waals surface area contributed by atoms with Crippen molar-refractivity contribution in [3.63, 3.8) is 0 Å². The largest absolute Gasteiger partial charge is 0.374 e. The van der Waals surface area contributed by atoms with Crippen molar-refractivity contribution in [3.8, 4) is 0 Å². The van der Waals surface area contributed by atoms with Crippen molar-refractivity contribution >= 4 is 10.0 Å². The zero-order valence-electron chi connectivity index (χ0n) is 10.7. The average molecular weight is 288 g/mol. The van der Waals surface area contributed by atoms with Crippen molar-refractivity contribution < 1.29 is 17.5 Å². The van der Waals surface area contributed by atoms with Crippen LogP contribution in [0.4, 0.5) is 4.39 Å². The number of ether oxygens (including phenoxy) is 1. The average Bonchev–Trinajstić information content (AvgIpc) is 2.37. The maximum absolute atomic E-state index is 12.8. The Kier molecular flexibility index (Phi) is 4.51. The van der Waals surface area contributed by atoms with E-state index in [9.17, 15) is 12.8 Å². The molecule has 1 aromatic rings. The molecule has 1 aliphatic heterocycles. The van der Waals surface area contributed by atoms with Crippen LogP contribution in [0.5, 0.6) is 0 Å². The summed E-state index contributed by atoms with van der Waals surface area (Å²) in [5.41, 5.74) is 0. The van der Waals surface area contributed by atoms with Gasteiger partial charge in [-0.05, 0) is 31.3 Å². The Bertz CT molecular complexity index is 518. The van der Waals surface area contributed by atoms with E-state index in [1.807, 2.05) is 7.05 Å². The van der Waals surface area contributed by atoms with Gasteiger partial charge in [-0.2, -0.15) is 0 Å². The van der Waals surface area contributed by atoms with Gasteiger partial charge in [0.15, 0.2) is 0 Å². The lowest BCUT2D eigenvalue weighted by Gasteiger charge is -2.30. The van der Waals surface area contributed by atoms with Gasteiger partial charge in [0.1, 0.15) is 5.82 Å². The number of hydrogen-bond donors (Lipinski definition) is 1. The van der Waals surface area contributed by atoms with E-state index in [2.05, 4.69) is 9.62 Å². The highest BCUT2D eigenvalue weighted by Crippen LogP contribution is 2.10. The number of benzene rings is 1. The monoisotopic (exact) mass is 288 g/mol. The van der Waals surface area contributed by atoms with Crippen LogP contribution in [0.1, 0.15) is 0 Å². The van der Waals surface area contributed by atoms with Gasteiger partial charge in [0.05, 0.1) is 17.6 Å². The topological polar surface area (TPSA) is 58.6 Å². The molecule has 1 unspecified atom stereocenters. The summed E-state index contributed by atoms with van der Waals surface area (Å²) in [5.74, 6) is -0.462. The van der Waals surface area contributed by atoms with Crippen LogP contribution in [0.15, 0.2) is 29.2 Å². The second-order valence-electron chi connectivity index (χ2n) is 4.56. The Morgan fingerprint density at radius 3 is 2.74 bits per heavy atom. The second kappa shape index (κ2) is 5.96. The van der Waals surface area contributed by atoms with Crippen LogP contribution in [-0.2, 0) is 14.8 Å². The van der Waals surface area contributed by atoms with Crippen LogP contribution in [0.25, 0.3) is 0 Å². The van der Waals surface area contributed by atoms with Gasteiger partial charge in [-0.3, -0.25) is 0 Å². The molecule has 0 saturated carbocycles. The van der Waals surface area contributed by atoms with E-state index in [4.69, 9.17) is 4.74 Å². The zero-order chi connectivity index (χ0) is 13.9. The standard InChI is InChI=1S/C12H17FN2O3S/c1-15-6-7-18-11(9-15)8-14-19(16,17)12-4-2-10(13)3-5-12/h2-5,11,14H,6-9H2,1H3. The molecule has 0 amide bonds. The first-order chi connectivity index (χ1) is 8.97. The molecule has 0 aliphatic carbocycles. The number of nitrogens with zero attached hydrogens (tertiary/aromatic N) is 1. The van der Waals surface area contributed by atoms with Crippen molar-refractivity contribution in [2.24, 2.45) is 0 Å². The maximum atomic E-state index is 12.8. The molecule has 1 saturated heterocycles. The zero-order valence-corrected chi connectivity index (χ0v) is 11.5. The van der Waals surface area contributed by atoms with Gasteiger partial charge in [-0.1, -0.05) is 0 Å². The molecule has 1 N–H and O–H groups in total. The van der Waals surface area contributed by atoms with Crippen molar-refractivity contribution in [1.29, 1.82) is 0 Å². The van der Waals surface area contributed by atoms with Crippen molar-refractivity contribution in [2.75, 3.05) is 33.3 Å². The molecule has 1 aliphatic rings. The molecule has 7 heteroatoms. The number of likely N-dealkylation sites (N-methyl/N-ethyl adjacent to an activating group) is 1. The van der Waals surface area contributed by atoms with Gasteiger partial charge in [0.25, 0.3) is 0 Å². The molecule has 106 valence electrons. The number of morpholine rings is 1. The Morgan fingerprint density at radius 2 is 2.11 bits per heavy atom. The number of nitrogens with one attached hydrogen (secondary N) is 1. The molecular weight excluding hydrogens is 271 g/mol. The molecule has 1 aromatic carbocycles. The van der Waals surface area contributed by atoms with Crippen LogP contribution >= 0.6 is 0 Å². The summed E-state index contributed by atoms with van der Waals surface area (Å²) in [6.45, 7) is 2.34. The molecule has 1 atom stereocenters. The predicted molar refractivity (Wildman–Crippen MR) is 68.8 cm³/mol. The minimum atomic E-state index is -3.61. The third kappa shape index (κ3) is 3.97. The fraction of sp³-hybridized carbons (Fsp3) is 0.500. The van der Waals surface area contributed by atoms with Crippen LogP contribution in [-0.4, -0.2) is 52.7 Å². The molecular formula is C12H17FN2O3S. The van der Waals surface area contributed by atoms with Gasteiger partial charge >= 0.3 is 0 Å². The van der Waals surface area contributed by atoms with E-state index in [0.717, 1.165) is 18.7 Å². The van der Waals surface area contributed by atoms with Crippen molar-refractivity contribution in [1.82, 2.24) is 9.62 Å². The minimum Gasteiger partial charge on any atom is -0.374 e. The first-order valence-corrected chi connectivity index (χ1v) is 7.51. The lowest BCUT2D eigenvalue weighted by Crippen LogP contribution is -2.45. The van der Waals surface area contributed by atoms with Crippen LogP contribution in [0, 0.1) is 5.82 Å². The Labute approximate surface area is 112 Å². The molecule has 5 nitrogen and oxygen atoms in total. The minimum absolute atomic E-state index is 0.0538. The first kappa shape index (κ1) is 14.4. The molecule has 0 bridgehead atoms. The Morgan fingerprint density at radius 1 is 1.42 bits per heavy atom. The third-order valence-corrected chi connectivity index (χ3v) is 4.41. The second-order valence-corrected chi connectivity index (χ2v) is 6.33. The summed E-state index contributed by atoms with van der Waals surface area (Å²) in [6.07, 6.45) is -0.158. The van der Waals surface area contributed by atoms with Crippen LogP contribution in [0.2, 0.25) is 0 Å². The summed E-state index contributed by atoms with van der Waals surface area (Å²) in [6, 6.07) is 4.73. The summed E-state index contributed by atoms with van der Waals surface area (Å²) < 4.78 is 44.6. The molecule has 1 fully saturated rings. The molecule has 19 heavy (non-hydrogen) atoms. The number of rotatable bonds is 4. The molecule has 0 radical (unpaired) electrons. The summed E-state index contributed by atoms with van der Waals surface area (Å²) in [5, 5.41) is 0. The van der Waals surface area contributed by atoms with Gasteiger partial charge < -0.3 is 9.64 Å². The number of halogens is 1. The van der Waals surface area contributed by atoms with E-state index in [1.165, 1.54) is 12.1 Å². The Balaban J connectivity index is 1.96. The lowest BCUT2D eigenvalue weighted by atomic mass is 10.3. The summed E-state index contributed by atoms with van der Waals surface area (Å²) in [7, 11) is -1.65. The Hall–Kier alpha value is -1.02. The number of sulfonamides is 1. The molecule has 0 aromatic heterocycles. The molecule has 2 rings (SSSR count). The van der Waals surface area contributed by atoms with Crippen molar-refractivity contribution in [3.05, 3.63) is 30.1 Å². The summed E-state index contributed by atoms with van der Waals surface area (Å²) in [4.78, 5) is 2.14. The van der Waals surface area contributed by atoms with E-state index in [1.54, 1.807) is 0 Å². The highest BCUT2D eigenvalue weighted by Gasteiger charge is 2.21. The van der Waals surface area contributed by atoms with Crippen LogP contribution in [0.3, 0.4) is 0 Å². The van der Waals surface area contributed by atoms with Gasteiger partial charge in [0, 0.05) is 19.6 Å². The smallest absolute Gasteiger partial charge is 0.240 e.